The maximum atomic E-state index is 12.1. The van der Waals surface area contributed by atoms with Gasteiger partial charge in [0.25, 0.3) is 0 Å². The third-order valence-corrected chi connectivity index (χ3v) is 5.17. The van der Waals surface area contributed by atoms with Crippen molar-refractivity contribution in [2.75, 3.05) is 7.11 Å². The van der Waals surface area contributed by atoms with E-state index in [0.29, 0.717) is 12.0 Å². The van der Waals surface area contributed by atoms with Gasteiger partial charge in [0.15, 0.2) is 0 Å². The van der Waals surface area contributed by atoms with Crippen molar-refractivity contribution in [1.29, 1.82) is 0 Å². The number of hydrogen-bond acceptors (Lipinski definition) is 3. The fourth-order valence-electron chi connectivity index (χ4n) is 3.57. The summed E-state index contributed by atoms with van der Waals surface area (Å²) in [4.78, 5) is 12.1. The number of benzene rings is 1. The summed E-state index contributed by atoms with van der Waals surface area (Å²) >= 11 is 2.31. The Hall–Kier alpha value is -0.620. The molecule has 19 heavy (non-hydrogen) atoms. The highest BCUT2D eigenvalue weighted by Gasteiger charge is 2.46. The summed E-state index contributed by atoms with van der Waals surface area (Å²) < 4.78 is 6.26. The maximum absolute atomic E-state index is 12.1. The largest absolute Gasteiger partial charge is 0.469 e. The molecule has 2 unspecified atom stereocenters. The molecule has 3 nitrogen and oxygen atoms in total. The Labute approximate surface area is 127 Å². The molecule has 2 aliphatic rings. The minimum atomic E-state index is -0.0681. The Kier molecular flexibility index (Phi) is 3.80. The molecular weight excluding hydrogens is 353 g/mol. The Morgan fingerprint density at radius 2 is 2.05 bits per heavy atom. The zero-order chi connectivity index (χ0) is 13.4. The number of methoxy groups -OCH3 is 1. The summed E-state index contributed by atoms with van der Waals surface area (Å²) in [5, 5.41) is 3.56. The molecular formula is C15H18INO2. The second kappa shape index (κ2) is 5.40. The molecule has 2 saturated heterocycles. The Bertz CT molecular complexity index is 474. The van der Waals surface area contributed by atoms with Gasteiger partial charge in [0.2, 0.25) is 0 Å². The molecule has 1 aromatic carbocycles. The number of halogens is 1. The fraction of sp³-hybridized carbons (Fsp3) is 0.533. The van der Waals surface area contributed by atoms with Crippen molar-refractivity contribution < 1.29 is 9.53 Å². The molecule has 0 aliphatic carbocycles. The first-order chi connectivity index (χ1) is 9.19. The van der Waals surface area contributed by atoms with Gasteiger partial charge in [-0.1, -0.05) is 12.1 Å². The lowest BCUT2D eigenvalue weighted by Crippen LogP contribution is -2.48. The van der Waals surface area contributed by atoms with Crippen LogP contribution in [0.25, 0.3) is 0 Å². The van der Waals surface area contributed by atoms with Gasteiger partial charge in [0.1, 0.15) is 0 Å². The van der Waals surface area contributed by atoms with E-state index in [1.54, 1.807) is 0 Å². The molecule has 0 amide bonds. The van der Waals surface area contributed by atoms with E-state index in [1.807, 2.05) is 0 Å². The van der Waals surface area contributed by atoms with Crippen LogP contribution in [0.4, 0.5) is 0 Å². The molecule has 102 valence electrons. The Morgan fingerprint density at radius 3 is 2.74 bits per heavy atom. The van der Waals surface area contributed by atoms with Crippen LogP contribution in [-0.4, -0.2) is 25.2 Å². The van der Waals surface area contributed by atoms with Crippen molar-refractivity contribution in [2.24, 2.45) is 5.92 Å². The molecule has 2 aliphatic heterocycles. The van der Waals surface area contributed by atoms with E-state index in [0.717, 1.165) is 12.8 Å². The van der Waals surface area contributed by atoms with Crippen LogP contribution in [0, 0.1) is 9.49 Å². The molecule has 4 atom stereocenters. The molecule has 1 N–H and O–H groups in total. The summed E-state index contributed by atoms with van der Waals surface area (Å²) in [6, 6.07) is 9.41. The van der Waals surface area contributed by atoms with Gasteiger partial charge in [-0.3, -0.25) is 4.79 Å². The third kappa shape index (κ3) is 2.52. The van der Waals surface area contributed by atoms with Crippen LogP contribution in [0.2, 0.25) is 0 Å². The number of esters is 1. The van der Waals surface area contributed by atoms with Crippen LogP contribution in [0.1, 0.15) is 30.7 Å². The van der Waals surface area contributed by atoms with Gasteiger partial charge in [-0.25, -0.2) is 0 Å². The average molecular weight is 371 g/mol. The molecule has 2 heterocycles. The van der Waals surface area contributed by atoms with E-state index < -0.39 is 0 Å². The zero-order valence-corrected chi connectivity index (χ0v) is 13.1. The number of rotatable bonds is 2. The van der Waals surface area contributed by atoms with Gasteiger partial charge in [-0.05, 0) is 59.5 Å². The first-order valence-corrected chi connectivity index (χ1v) is 7.86. The van der Waals surface area contributed by atoms with E-state index in [9.17, 15) is 4.79 Å². The van der Waals surface area contributed by atoms with Crippen molar-refractivity contribution in [3.8, 4) is 0 Å². The molecule has 3 rings (SSSR count). The van der Waals surface area contributed by atoms with Crippen molar-refractivity contribution in [3.63, 3.8) is 0 Å². The van der Waals surface area contributed by atoms with Crippen molar-refractivity contribution >= 4 is 28.6 Å². The second-order valence-corrected chi connectivity index (χ2v) is 6.74. The topological polar surface area (TPSA) is 38.3 Å². The SMILES string of the molecule is COC(=O)C1C(c2ccc(I)cc2)C[C@@H]2CC[C@H]1N2. The highest BCUT2D eigenvalue weighted by atomic mass is 127. The molecule has 0 aromatic heterocycles. The van der Waals surface area contributed by atoms with Crippen LogP contribution in [0.15, 0.2) is 24.3 Å². The van der Waals surface area contributed by atoms with Crippen LogP contribution in [0.3, 0.4) is 0 Å². The monoisotopic (exact) mass is 371 g/mol. The third-order valence-electron chi connectivity index (χ3n) is 4.45. The molecule has 0 radical (unpaired) electrons. The quantitative estimate of drug-likeness (QED) is 0.642. The summed E-state index contributed by atoms with van der Waals surface area (Å²) in [7, 11) is 1.49. The van der Waals surface area contributed by atoms with Crippen LogP contribution >= 0.6 is 22.6 Å². The minimum Gasteiger partial charge on any atom is -0.469 e. The summed E-state index contributed by atoms with van der Waals surface area (Å²) in [5.41, 5.74) is 1.27. The lowest BCUT2D eigenvalue weighted by molar-refractivity contribution is -0.148. The number of hydrogen-bond donors (Lipinski definition) is 1. The second-order valence-electron chi connectivity index (χ2n) is 5.49. The van der Waals surface area contributed by atoms with E-state index in [1.165, 1.54) is 22.7 Å². The first-order valence-electron chi connectivity index (χ1n) is 6.78. The fourth-order valence-corrected chi connectivity index (χ4v) is 3.93. The predicted octanol–water partition coefficient (Wildman–Crippen LogP) is 2.69. The number of nitrogens with one attached hydrogen (secondary N) is 1. The summed E-state index contributed by atoms with van der Waals surface area (Å²) in [5.74, 6) is 0.188. The molecule has 4 heteroatoms. The van der Waals surface area contributed by atoms with Crippen LogP contribution in [0.5, 0.6) is 0 Å². The van der Waals surface area contributed by atoms with Crippen molar-refractivity contribution in [3.05, 3.63) is 33.4 Å². The molecule has 2 fully saturated rings. The lowest BCUT2D eigenvalue weighted by Gasteiger charge is -2.36. The lowest BCUT2D eigenvalue weighted by atomic mass is 9.77. The van der Waals surface area contributed by atoms with Gasteiger partial charge in [0, 0.05) is 21.6 Å². The maximum Gasteiger partial charge on any atom is 0.310 e. The van der Waals surface area contributed by atoms with E-state index in [2.05, 4.69) is 52.2 Å². The normalized spacial score (nSPS) is 33.2. The average Bonchev–Trinajstić information content (AvgIpc) is 2.80. The number of carbonyl (C=O) groups is 1. The number of fused-ring (bicyclic) bond motifs is 2. The van der Waals surface area contributed by atoms with E-state index in [4.69, 9.17) is 4.74 Å². The Morgan fingerprint density at radius 1 is 1.32 bits per heavy atom. The van der Waals surface area contributed by atoms with Crippen LogP contribution in [-0.2, 0) is 9.53 Å². The molecule has 0 saturated carbocycles. The van der Waals surface area contributed by atoms with Gasteiger partial charge in [-0.15, -0.1) is 0 Å². The van der Waals surface area contributed by atoms with Crippen molar-refractivity contribution in [1.82, 2.24) is 5.32 Å². The van der Waals surface area contributed by atoms with Crippen LogP contribution < -0.4 is 5.32 Å². The number of ether oxygens (including phenoxy) is 1. The smallest absolute Gasteiger partial charge is 0.310 e. The minimum absolute atomic E-state index is 0.0381. The van der Waals surface area contributed by atoms with Gasteiger partial charge >= 0.3 is 5.97 Å². The van der Waals surface area contributed by atoms with Crippen molar-refractivity contribution in [2.45, 2.75) is 37.3 Å². The van der Waals surface area contributed by atoms with E-state index in [-0.39, 0.29) is 17.9 Å². The molecule has 1 aromatic rings. The van der Waals surface area contributed by atoms with Gasteiger partial charge in [-0.2, -0.15) is 0 Å². The highest BCUT2D eigenvalue weighted by molar-refractivity contribution is 14.1. The zero-order valence-electron chi connectivity index (χ0n) is 10.9. The standard InChI is InChI=1S/C15H18INO2/c1-19-15(18)14-12(8-11-6-7-13(14)17-11)9-2-4-10(16)5-3-9/h2-5,11-14,17H,6-8H2,1H3/t11-,12?,13+,14?/m0/s1. The first kappa shape index (κ1) is 13.4. The molecule has 0 spiro atoms. The van der Waals surface area contributed by atoms with Gasteiger partial charge < -0.3 is 10.1 Å². The number of piperidine rings is 1. The van der Waals surface area contributed by atoms with E-state index >= 15 is 0 Å². The summed E-state index contributed by atoms with van der Waals surface area (Å²) in [6.45, 7) is 0. The predicted molar refractivity (Wildman–Crippen MR) is 82.0 cm³/mol. The molecule has 2 bridgehead atoms. The van der Waals surface area contributed by atoms with Gasteiger partial charge in [0.05, 0.1) is 13.0 Å². The Balaban J connectivity index is 1.92. The summed E-state index contributed by atoms with van der Waals surface area (Å²) in [6.07, 6.45) is 3.31. The highest BCUT2D eigenvalue weighted by Crippen LogP contribution is 2.42. The number of carbonyl (C=O) groups excluding carboxylic acids is 1.